The number of carbonyl (C=O) groups excluding carboxylic acids is 1. The van der Waals surface area contributed by atoms with E-state index in [1.807, 2.05) is 6.20 Å². The summed E-state index contributed by atoms with van der Waals surface area (Å²) in [5.41, 5.74) is 0.807. The van der Waals surface area contributed by atoms with E-state index in [2.05, 4.69) is 34.5 Å². The van der Waals surface area contributed by atoms with Crippen LogP contribution in [-0.2, 0) is 27.5 Å². The molecule has 0 atom stereocenters. The number of pyridine rings is 1. The van der Waals surface area contributed by atoms with Crippen LogP contribution < -0.4 is 9.47 Å². The number of hydrogen-bond donors (Lipinski definition) is 1. The summed E-state index contributed by atoms with van der Waals surface area (Å²) in [6.07, 6.45) is -2.51. The van der Waals surface area contributed by atoms with Crippen molar-refractivity contribution in [3.63, 3.8) is 0 Å². The van der Waals surface area contributed by atoms with Crippen LogP contribution in [0.15, 0.2) is 42.6 Å². The summed E-state index contributed by atoms with van der Waals surface area (Å²) >= 11 is 6.02. The molecule has 2 aromatic carbocycles. The minimum absolute atomic E-state index is 0.0527. The molecule has 0 bridgehead atoms. The highest BCUT2D eigenvalue weighted by molar-refractivity contribution is 6.76. The lowest BCUT2D eigenvalue weighted by atomic mass is 10.1. The highest BCUT2D eigenvalue weighted by Gasteiger charge is 2.32. The summed E-state index contributed by atoms with van der Waals surface area (Å²) < 4.78 is 66.8. The van der Waals surface area contributed by atoms with Crippen molar-refractivity contribution >= 4 is 53.5 Å². The predicted molar refractivity (Wildman–Crippen MR) is 196 cm³/mol. The van der Waals surface area contributed by atoms with Crippen LogP contribution in [0.25, 0.3) is 21.8 Å². The Hall–Kier alpha value is -4.12. The summed E-state index contributed by atoms with van der Waals surface area (Å²) in [4.78, 5) is 30.6. The van der Waals surface area contributed by atoms with Crippen LogP contribution in [0, 0.1) is 0 Å². The zero-order valence-corrected chi connectivity index (χ0v) is 32.5. The van der Waals surface area contributed by atoms with E-state index in [-0.39, 0.29) is 49.5 Å². The molecule has 2 aromatic heterocycles. The molecule has 0 aliphatic carbocycles. The van der Waals surface area contributed by atoms with Crippen LogP contribution in [0.4, 0.5) is 18.0 Å². The van der Waals surface area contributed by atoms with Gasteiger partial charge in [-0.1, -0.05) is 43.4 Å². The first-order chi connectivity index (χ1) is 24.8. The summed E-state index contributed by atoms with van der Waals surface area (Å²) in [5, 5.41) is 15.4. The van der Waals surface area contributed by atoms with Crippen molar-refractivity contribution in [3.05, 3.63) is 58.7 Å². The van der Waals surface area contributed by atoms with Crippen LogP contribution in [0.2, 0.25) is 30.7 Å². The van der Waals surface area contributed by atoms with Gasteiger partial charge in [-0.2, -0.15) is 5.10 Å². The summed E-state index contributed by atoms with van der Waals surface area (Å²) in [6.45, 7) is 14.0. The molecule has 17 heteroatoms. The monoisotopic (exact) mass is 782 g/mol. The third-order valence-corrected chi connectivity index (χ3v) is 9.62. The molecule has 0 radical (unpaired) electrons. The molecule has 0 unspecified atom stereocenters. The number of carbonyl (C=O) groups is 2. The lowest BCUT2D eigenvalue weighted by molar-refractivity contribution is -0.274. The van der Waals surface area contributed by atoms with Gasteiger partial charge in [0.05, 0.1) is 22.7 Å². The summed E-state index contributed by atoms with van der Waals surface area (Å²) in [6, 6.07) is 9.58. The van der Waals surface area contributed by atoms with Gasteiger partial charge in [0, 0.05) is 51.3 Å². The molecule has 0 saturated heterocycles. The SMILES string of the molecule is CC(C)(C)OC(=O)N(CCCCOCCOc1nc2cc(C(=O)O)ccc2c2cn(COCC[Si](C)(C)C)nc12)Cc1ccc(OC(F)(F)F)c(Cl)c1. The molecule has 53 heavy (non-hydrogen) atoms. The minimum Gasteiger partial charge on any atom is -0.478 e. The van der Waals surface area contributed by atoms with Crippen molar-refractivity contribution in [2.75, 3.05) is 33.0 Å². The van der Waals surface area contributed by atoms with E-state index in [4.69, 9.17) is 30.5 Å². The topological polar surface area (TPSA) is 134 Å². The van der Waals surface area contributed by atoms with Gasteiger partial charge in [-0.15, -0.1) is 13.2 Å². The molecule has 12 nitrogen and oxygen atoms in total. The number of amides is 1. The molecule has 1 amide bonds. The minimum atomic E-state index is -4.89. The van der Waals surface area contributed by atoms with Crippen LogP contribution in [0.1, 0.15) is 49.5 Å². The molecule has 1 N–H and O–H groups in total. The average molecular weight is 783 g/mol. The highest BCUT2D eigenvalue weighted by atomic mass is 35.5. The van der Waals surface area contributed by atoms with E-state index in [0.29, 0.717) is 42.7 Å². The van der Waals surface area contributed by atoms with E-state index in [1.54, 1.807) is 31.5 Å². The van der Waals surface area contributed by atoms with Gasteiger partial charge in [0.25, 0.3) is 0 Å². The number of rotatable bonds is 18. The van der Waals surface area contributed by atoms with Gasteiger partial charge in [0.15, 0.2) is 5.52 Å². The maximum atomic E-state index is 13.0. The zero-order chi connectivity index (χ0) is 39.0. The largest absolute Gasteiger partial charge is 0.573 e. The maximum absolute atomic E-state index is 13.0. The second-order valence-corrected chi connectivity index (χ2v) is 20.6. The molecule has 4 rings (SSSR count). The quantitative estimate of drug-likeness (QED) is 0.0771. The normalized spacial score (nSPS) is 12.3. The number of unbranched alkanes of at least 4 members (excludes halogenated alkanes) is 1. The standard InChI is InChI=1S/C36H46ClF3N4O8Si/c1-35(2,3)52-34(47)43(21-24-9-12-30(28(37)19-24)51-36(38,39)40)13-7-8-14-48-15-16-50-32-31-27(22-44(42-31)23-49-17-18-53(4,5)6)26-11-10-25(33(45)46)20-29(26)41-32/h9-12,19-20,22H,7-8,13-18,21,23H2,1-6H3,(H,45,46). The number of carboxylic acid groups (broad SMARTS) is 1. The van der Waals surface area contributed by atoms with E-state index in [9.17, 15) is 27.9 Å². The van der Waals surface area contributed by atoms with Crippen molar-refractivity contribution in [1.82, 2.24) is 19.7 Å². The fourth-order valence-electron chi connectivity index (χ4n) is 5.06. The van der Waals surface area contributed by atoms with Crippen LogP contribution in [-0.4, -0.2) is 89.8 Å². The Balaban J connectivity index is 1.33. The molecule has 0 saturated carbocycles. The smallest absolute Gasteiger partial charge is 0.478 e. The van der Waals surface area contributed by atoms with Gasteiger partial charge in [-0.25, -0.2) is 19.3 Å². The molecule has 0 fully saturated rings. The van der Waals surface area contributed by atoms with Crippen LogP contribution >= 0.6 is 11.6 Å². The lowest BCUT2D eigenvalue weighted by Crippen LogP contribution is -2.37. The lowest BCUT2D eigenvalue weighted by Gasteiger charge is -2.27. The Labute approximate surface area is 312 Å². The van der Waals surface area contributed by atoms with Crippen LogP contribution in [0.5, 0.6) is 11.6 Å². The van der Waals surface area contributed by atoms with Gasteiger partial charge in [0.2, 0.25) is 5.88 Å². The van der Waals surface area contributed by atoms with E-state index < -0.39 is 37.8 Å². The zero-order valence-electron chi connectivity index (χ0n) is 30.7. The van der Waals surface area contributed by atoms with Crippen LogP contribution in [0.3, 0.4) is 0 Å². The number of aromatic nitrogens is 3. The first-order valence-electron chi connectivity index (χ1n) is 17.1. The Morgan fingerprint density at radius 1 is 0.962 bits per heavy atom. The van der Waals surface area contributed by atoms with E-state index >= 15 is 0 Å². The molecular weight excluding hydrogens is 737 g/mol. The van der Waals surface area contributed by atoms with Crippen molar-refractivity contribution in [2.24, 2.45) is 0 Å². The number of aromatic carboxylic acids is 1. The van der Waals surface area contributed by atoms with Crippen molar-refractivity contribution in [2.45, 2.75) is 84.5 Å². The summed E-state index contributed by atoms with van der Waals surface area (Å²) in [5.74, 6) is -1.36. The molecular formula is C36H46ClF3N4O8Si. The Morgan fingerprint density at radius 2 is 1.72 bits per heavy atom. The molecule has 0 aliphatic heterocycles. The number of alkyl halides is 3. The van der Waals surface area contributed by atoms with Gasteiger partial charge in [-0.05, 0) is 69.5 Å². The molecule has 4 aromatic rings. The third-order valence-electron chi connectivity index (χ3n) is 7.62. The second kappa shape index (κ2) is 17.8. The molecule has 0 aliphatic rings. The molecule has 0 spiro atoms. The number of halogens is 4. The van der Waals surface area contributed by atoms with Crippen molar-refractivity contribution in [3.8, 4) is 11.6 Å². The number of benzene rings is 2. The average Bonchev–Trinajstić information content (AvgIpc) is 3.47. The number of ether oxygens (including phenoxy) is 5. The van der Waals surface area contributed by atoms with Gasteiger partial charge >= 0.3 is 18.4 Å². The highest BCUT2D eigenvalue weighted by Crippen LogP contribution is 2.32. The van der Waals surface area contributed by atoms with E-state index in [0.717, 1.165) is 22.9 Å². The predicted octanol–water partition coefficient (Wildman–Crippen LogP) is 8.76. The Kier molecular flexibility index (Phi) is 14.0. The Bertz CT molecular complexity index is 1880. The third kappa shape index (κ3) is 13.4. The first kappa shape index (κ1) is 41.6. The fourth-order valence-corrected chi connectivity index (χ4v) is 6.06. The van der Waals surface area contributed by atoms with Gasteiger partial charge < -0.3 is 33.7 Å². The molecule has 2 heterocycles. The first-order valence-corrected chi connectivity index (χ1v) is 21.2. The van der Waals surface area contributed by atoms with E-state index in [1.165, 1.54) is 29.2 Å². The number of nitrogens with zero attached hydrogens (tertiary/aromatic N) is 4. The number of fused-ring (bicyclic) bond motifs is 3. The second-order valence-electron chi connectivity index (χ2n) is 14.6. The van der Waals surface area contributed by atoms with Crippen molar-refractivity contribution < 1.29 is 51.6 Å². The molecule has 290 valence electrons. The van der Waals surface area contributed by atoms with Gasteiger partial charge in [-0.3, -0.25) is 0 Å². The fraction of sp³-hybridized carbons (Fsp3) is 0.500. The van der Waals surface area contributed by atoms with Gasteiger partial charge in [0.1, 0.15) is 24.7 Å². The number of carboxylic acids is 1. The Morgan fingerprint density at radius 3 is 2.38 bits per heavy atom. The number of hydrogen-bond acceptors (Lipinski definition) is 9. The van der Waals surface area contributed by atoms with Crippen molar-refractivity contribution in [1.29, 1.82) is 0 Å². The summed E-state index contributed by atoms with van der Waals surface area (Å²) in [7, 11) is -1.26. The maximum Gasteiger partial charge on any atom is 0.573 e.